The largest absolute Gasteiger partial charge is 0.481 e. The minimum atomic E-state index is -3.09. The topological polar surface area (TPSA) is 189 Å². The highest BCUT2D eigenvalue weighted by Gasteiger charge is 2.16. The van der Waals surface area contributed by atoms with Crippen LogP contribution in [0, 0.1) is 11.8 Å². The van der Waals surface area contributed by atoms with Gasteiger partial charge in [-0.1, -0.05) is 24.0 Å². The molecule has 0 atom stereocenters. The van der Waals surface area contributed by atoms with Crippen LogP contribution in [0.3, 0.4) is 0 Å². The molecule has 0 radical (unpaired) electrons. The third-order valence-electron chi connectivity index (χ3n) is 6.42. The molecular formula is C32H34N4O7S2. The molecule has 11 nitrogen and oxygen atoms in total. The van der Waals surface area contributed by atoms with E-state index in [0.717, 1.165) is 4.90 Å². The Morgan fingerprint density at radius 1 is 0.911 bits per heavy atom. The molecule has 0 fully saturated rings. The van der Waals surface area contributed by atoms with Gasteiger partial charge >= 0.3 is 11.9 Å². The second-order valence-electron chi connectivity index (χ2n) is 9.95. The quantitative estimate of drug-likeness (QED) is 0.103. The van der Waals surface area contributed by atoms with E-state index < -0.39 is 27.6 Å². The Kier molecular flexibility index (Phi) is 13.1. The molecule has 0 aliphatic heterocycles. The fraction of sp³-hybridized carbons (Fsp3) is 0.281. The predicted octanol–water partition coefficient (Wildman–Crippen LogP) is 5.16. The summed E-state index contributed by atoms with van der Waals surface area (Å²) in [6.07, 6.45) is 4.03. The molecular weight excluding hydrogens is 617 g/mol. The molecule has 2 amide bonds. The number of thioether (sulfide) groups is 1. The van der Waals surface area contributed by atoms with Gasteiger partial charge in [0, 0.05) is 52.3 Å². The van der Waals surface area contributed by atoms with Crippen molar-refractivity contribution in [1.29, 1.82) is 0 Å². The van der Waals surface area contributed by atoms with E-state index in [2.05, 4.69) is 26.5 Å². The standard InChI is InChI=1S/C32H34N4O7S2/c1-44-27-11-7-9-24(20-27)31(41)35-26-10-6-8-22(18-26)14-15-23-19-25(21-34-30(23)33)32(42)36-45(43,16-4-2-12-28(37)38)17-5-3-13-29(39)40/h6-11,18-21H,2-5,12-13,16-17H2,1H3,(H2,33,34)(H,35,41)(H,37,38)(H,39,40). The fourth-order valence-corrected chi connectivity index (χ4v) is 6.64. The van der Waals surface area contributed by atoms with E-state index >= 15 is 0 Å². The zero-order valence-corrected chi connectivity index (χ0v) is 26.3. The number of amides is 2. The van der Waals surface area contributed by atoms with Crippen LogP contribution in [-0.2, 0) is 19.3 Å². The Hall–Kier alpha value is -4.67. The SMILES string of the molecule is CSc1cccc(C(=O)Nc2cccc(C#Cc3cc(C(=O)N=S(=O)(CCCCC(=O)O)CCCCC(=O)O)cnc3N)c2)c1. The number of aliphatic carboxylic acids is 2. The molecule has 0 spiro atoms. The van der Waals surface area contributed by atoms with Crippen LogP contribution in [0.4, 0.5) is 11.5 Å². The van der Waals surface area contributed by atoms with Crippen LogP contribution in [0.2, 0.25) is 0 Å². The van der Waals surface area contributed by atoms with Crippen molar-refractivity contribution in [3.05, 3.63) is 83.0 Å². The van der Waals surface area contributed by atoms with Crippen molar-refractivity contribution in [2.45, 2.75) is 43.4 Å². The maximum atomic E-state index is 13.6. The lowest BCUT2D eigenvalue weighted by atomic mass is 10.1. The molecule has 0 saturated heterocycles. The second kappa shape index (κ2) is 17.0. The van der Waals surface area contributed by atoms with Gasteiger partial charge < -0.3 is 21.3 Å². The monoisotopic (exact) mass is 650 g/mol. The number of pyridine rings is 1. The van der Waals surface area contributed by atoms with Crippen molar-refractivity contribution in [1.82, 2.24) is 4.98 Å². The zero-order chi connectivity index (χ0) is 32.8. The third kappa shape index (κ3) is 11.7. The predicted molar refractivity (Wildman–Crippen MR) is 175 cm³/mol. The number of carbonyl (C=O) groups is 4. The summed E-state index contributed by atoms with van der Waals surface area (Å²) < 4.78 is 17.6. The van der Waals surface area contributed by atoms with Crippen molar-refractivity contribution in [3.8, 4) is 11.8 Å². The van der Waals surface area contributed by atoms with Gasteiger partial charge in [-0.2, -0.15) is 4.36 Å². The number of hydrogen-bond donors (Lipinski definition) is 4. The van der Waals surface area contributed by atoms with E-state index in [1.165, 1.54) is 24.0 Å². The van der Waals surface area contributed by atoms with Crippen LogP contribution < -0.4 is 11.1 Å². The summed E-state index contributed by atoms with van der Waals surface area (Å²) in [4.78, 5) is 52.5. The van der Waals surface area contributed by atoms with Gasteiger partial charge in [0.1, 0.15) is 5.82 Å². The lowest BCUT2D eigenvalue weighted by Crippen LogP contribution is -2.15. The number of nitrogens with zero attached hydrogens (tertiary/aromatic N) is 2. The smallest absolute Gasteiger partial charge is 0.303 e. The second-order valence-corrected chi connectivity index (χ2v) is 13.4. The van der Waals surface area contributed by atoms with Gasteiger partial charge in [0.2, 0.25) is 0 Å². The Morgan fingerprint density at radius 2 is 1.58 bits per heavy atom. The number of carboxylic acids is 2. The minimum Gasteiger partial charge on any atom is -0.481 e. The van der Waals surface area contributed by atoms with Crippen LogP contribution in [0.25, 0.3) is 0 Å². The number of carbonyl (C=O) groups excluding carboxylic acids is 2. The molecule has 45 heavy (non-hydrogen) atoms. The van der Waals surface area contributed by atoms with Gasteiger partial charge in [0.05, 0.1) is 20.9 Å². The van der Waals surface area contributed by atoms with Gasteiger partial charge in [0.25, 0.3) is 11.8 Å². The van der Waals surface area contributed by atoms with Crippen LogP contribution in [0.5, 0.6) is 0 Å². The first kappa shape index (κ1) is 34.8. The average molecular weight is 651 g/mol. The molecule has 0 unspecified atom stereocenters. The lowest BCUT2D eigenvalue weighted by molar-refractivity contribution is -0.138. The maximum Gasteiger partial charge on any atom is 0.303 e. The van der Waals surface area contributed by atoms with Gasteiger partial charge in [-0.25, -0.2) is 9.19 Å². The van der Waals surface area contributed by atoms with E-state index in [-0.39, 0.29) is 72.9 Å². The molecule has 3 aromatic rings. The lowest BCUT2D eigenvalue weighted by Gasteiger charge is -2.10. The molecule has 5 N–H and O–H groups in total. The molecule has 13 heteroatoms. The molecule has 0 aliphatic carbocycles. The van der Waals surface area contributed by atoms with E-state index in [1.807, 2.05) is 18.4 Å². The summed E-state index contributed by atoms with van der Waals surface area (Å²) >= 11 is 1.54. The molecule has 1 aromatic heterocycles. The number of nitrogens with two attached hydrogens (primary N) is 1. The molecule has 0 bridgehead atoms. The number of anilines is 2. The van der Waals surface area contributed by atoms with Gasteiger partial charge in [-0.05, 0) is 74.4 Å². The van der Waals surface area contributed by atoms with Gasteiger partial charge in [-0.3, -0.25) is 19.2 Å². The van der Waals surface area contributed by atoms with Crippen LogP contribution in [0.15, 0.2) is 70.1 Å². The van der Waals surface area contributed by atoms with Crippen molar-refractivity contribution < 1.29 is 33.6 Å². The number of nitrogen functional groups attached to an aromatic ring is 1. The van der Waals surface area contributed by atoms with Gasteiger partial charge in [0.15, 0.2) is 0 Å². The molecule has 0 aliphatic rings. The van der Waals surface area contributed by atoms with Crippen molar-refractivity contribution in [3.63, 3.8) is 0 Å². The number of benzene rings is 2. The number of aromatic nitrogens is 1. The van der Waals surface area contributed by atoms with E-state index in [1.54, 1.807) is 36.4 Å². The summed E-state index contributed by atoms with van der Waals surface area (Å²) in [5.74, 6) is 2.91. The highest BCUT2D eigenvalue weighted by molar-refractivity contribution is 7.98. The number of nitrogens with one attached hydrogen (secondary N) is 1. The summed E-state index contributed by atoms with van der Waals surface area (Å²) in [5, 5.41) is 20.6. The zero-order valence-electron chi connectivity index (χ0n) is 24.7. The minimum absolute atomic E-state index is 0.00400. The maximum absolute atomic E-state index is 13.6. The first-order valence-electron chi connectivity index (χ1n) is 14.0. The number of hydrogen-bond acceptors (Lipinski definition) is 8. The normalized spacial score (nSPS) is 10.8. The van der Waals surface area contributed by atoms with E-state index in [9.17, 15) is 23.4 Å². The molecule has 236 valence electrons. The van der Waals surface area contributed by atoms with Crippen LogP contribution >= 0.6 is 11.8 Å². The Bertz CT molecular complexity index is 1730. The Balaban J connectivity index is 1.79. The molecule has 3 rings (SSSR count). The summed E-state index contributed by atoms with van der Waals surface area (Å²) in [7, 11) is -3.09. The van der Waals surface area contributed by atoms with E-state index in [0.29, 0.717) is 16.8 Å². The molecule has 2 aromatic carbocycles. The van der Waals surface area contributed by atoms with Crippen molar-refractivity contribution in [2.75, 3.05) is 28.8 Å². The fourth-order valence-electron chi connectivity index (χ4n) is 4.08. The number of unbranched alkanes of at least 4 members (excludes halogenated alkanes) is 2. The Labute approximate surface area is 266 Å². The number of carboxylic acid groups (broad SMARTS) is 2. The number of rotatable bonds is 14. The highest BCUT2D eigenvalue weighted by atomic mass is 32.2. The van der Waals surface area contributed by atoms with E-state index in [4.69, 9.17) is 15.9 Å². The highest BCUT2D eigenvalue weighted by Crippen LogP contribution is 2.18. The first-order chi connectivity index (χ1) is 21.5. The summed E-state index contributed by atoms with van der Waals surface area (Å²) in [6.45, 7) is 0. The summed E-state index contributed by atoms with van der Waals surface area (Å²) in [5.41, 5.74) is 7.90. The average Bonchev–Trinajstić information content (AvgIpc) is 3.01. The molecule has 1 heterocycles. The van der Waals surface area contributed by atoms with Gasteiger partial charge in [-0.15, -0.1) is 11.8 Å². The van der Waals surface area contributed by atoms with Crippen molar-refractivity contribution in [2.24, 2.45) is 4.36 Å². The third-order valence-corrected chi connectivity index (χ3v) is 9.49. The van der Waals surface area contributed by atoms with Crippen LogP contribution in [-0.4, -0.2) is 60.9 Å². The first-order valence-corrected chi connectivity index (χ1v) is 17.1. The van der Waals surface area contributed by atoms with Crippen LogP contribution in [0.1, 0.15) is 70.4 Å². The summed E-state index contributed by atoms with van der Waals surface area (Å²) in [6, 6.07) is 15.6. The molecule has 0 saturated carbocycles. The Morgan fingerprint density at radius 3 is 2.22 bits per heavy atom. The van der Waals surface area contributed by atoms with Crippen molar-refractivity contribution >= 4 is 56.7 Å².